The SMILES string of the molecule is COc1ccc(C)cc1S(=O)(=O)[C@@H]1CS(=O)(=O)C[C@H]1N1CCN(c2ncccn2)CC1. The van der Waals surface area contributed by atoms with Gasteiger partial charge >= 0.3 is 0 Å². The van der Waals surface area contributed by atoms with Crippen LogP contribution in [0.25, 0.3) is 0 Å². The van der Waals surface area contributed by atoms with Gasteiger partial charge in [-0.3, -0.25) is 4.90 Å². The fourth-order valence-corrected chi connectivity index (χ4v) is 9.38. The number of hydrogen-bond donors (Lipinski definition) is 0. The second-order valence-corrected chi connectivity index (χ2v) is 12.2. The summed E-state index contributed by atoms with van der Waals surface area (Å²) in [7, 11) is -5.99. The van der Waals surface area contributed by atoms with E-state index in [2.05, 4.69) is 9.97 Å². The van der Waals surface area contributed by atoms with E-state index in [1.165, 1.54) is 7.11 Å². The average Bonchev–Trinajstić information content (AvgIpc) is 3.11. The van der Waals surface area contributed by atoms with E-state index in [0.29, 0.717) is 32.1 Å². The highest BCUT2D eigenvalue weighted by Gasteiger charge is 2.49. The lowest BCUT2D eigenvalue weighted by Crippen LogP contribution is -2.55. The first-order valence-electron chi connectivity index (χ1n) is 10.1. The van der Waals surface area contributed by atoms with Crippen LogP contribution in [0.3, 0.4) is 0 Å². The molecule has 168 valence electrons. The molecule has 4 rings (SSSR count). The lowest BCUT2D eigenvalue weighted by molar-refractivity contribution is 0.201. The summed E-state index contributed by atoms with van der Waals surface area (Å²) in [5.74, 6) is 0.320. The highest BCUT2D eigenvalue weighted by Crippen LogP contribution is 2.34. The Morgan fingerprint density at radius 1 is 1.06 bits per heavy atom. The van der Waals surface area contributed by atoms with Gasteiger partial charge in [0.1, 0.15) is 10.6 Å². The quantitative estimate of drug-likeness (QED) is 0.624. The molecule has 0 amide bonds. The second kappa shape index (κ2) is 8.36. The number of sulfone groups is 2. The van der Waals surface area contributed by atoms with E-state index in [0.717, 1.165) is 5.56 Å². The van der Waals surface area contributed by atoms with Gasteiger partial charge in [-0.1, -0.05) is 6.07 Å². The summed E-state index contributed by atoms with van der Waals surface area (Å²) in [6.07, 6.45) is 3.35. The van der Waals surface area contributed by atoms with E-state index < -0.39 is 31.0 Å². The molecule has 0 aliphatic carbocycles. The van der Waals surface area contributed by atoms with Gasteiger partial charge in [-0.2, -0.15) is 0 Å². The molecule has 2 saturated heterocycles. The van der Waals surface area contributed by atoms with Crippen LogP contribution in [-0.4, -0.2) is 87.8 Å². The summed E-state index contributed by atoms with van der Waals surface area (Å²) in [4.78, 5) is 12.6. The first kappa shape index (κ1) is 22.0. The molecule has 1 aromatic carbocycles. The molecule has 31 heavy (non-hydrogen) atoms. The number of anilines is 1. The van der Waals surface area contributed by atoms with Gasteiger partial charge in [0, 0.05) is 44.6 Å². The van der Waals surface area contributed by atoms with E-state index in [4.69, 9.17) is 4.74 Å². The zero-order chi connectivity index (χ0) is 22.2. The zero-order valence-electron chi connectivity index (χ0n) is 17.5. The van der Waals surface area contributed by atoms with Crippen LogP contribution in [0.2, 0.25) is 0 Å². The summed E-state index contributed by atoms with van der Waals surface area (Å²) in [5, 5.41) is -1.03. The molecule has 9 nitrogen and oxygen atoms in total. The number of piperazine rings is 1. The van der Waals surface area contributed by atoms with E-state index >= 15 is 0 Å². The third kappa shape index (κ3) is 4.39. The molecule has 2 aliphatic rings. The molecule has 0 bridgehead atoms. The first-order valence-corrected chi connectivity index (χ1v) is 13.4. The summed E-state index contributed by atoms with van der Waals surface area (Å²) in [5.41, 5.74) is 0.772. The van der Waals surface area contributed by atoms with Gasteiger partial charge in [0.25, 0.3) is 0 Å². The van der Waals surface area contributed by atoms with E-state index in [1.54, 1.807) is 43.6 Å². The maximum atomic E-state index is 13.6. The lowest BCUT2D eigenvalue weighted by atomic mass is 10.2. The molecule has 2 aromatic rings. The third-order valence-corrected chi connectivity index (χ3v) is 10.1. The summed E-state index contributed by atoms with van der Waals surface area (Å²) < 4.78 is 57.5. The Morgan fingerprint density at radius 3 is 2.39 bits per heavy atom. The monoisotopic (exact) mass is 466 g/mol. The normalized spacial score (nSPS) is 24.3. The van der Waals surface area contributed by atoms with Crippen LogP contribution >= 0.6 is 0 Å². The van der Waals surface area contributed by atoms with Crippen LogP contribution in [0.15, 0.2) is 41.6 Å². The van der Waals surface area contributed by atoms with Crippen molar-refractivity contribution in [2.45, 2.75) is 23.1 Å². The van der Waals surface area contributed by atoms with Gasteiger partial charge < -0.3 is 9.64 Å². The van der Waals surface area contributed by atoms with Gasteiger partial charge in [-0.15, -0.1) is 0 Å². The minimum Gasteiger partial charge on any atom is -0.495 e. The highest BCUT2D eigenvalue weighted by atomic mass is 32.2. The van der Waals surface area contributed by atoms with Gasteiger partial charge in [-0.25, -0.2) is 26.8 Å². The lowest BCUT2D eigenvalue weighted by Gasteiger charge is -2.39. The number of aromatic nitrogens is 2. The van der Waals surface area contributed by atoms with Crippen molar-refractivity contribution < 1.29 is 21.6 Å². The van der Waals surface area contributed by atoms with Crippen LogP contribution in [-0.2, 0) is 19.7 Å². The third-order valence-electron chi connectivity index (χ3n) is 5.91. The molecule has 1 aromatic heterocycles. The Hall–Kier alpha value is -2.24. The Morgan fingerprint density at radius 2 is 1.74 bits per heavy atom. The zero-order valence-corrected chi connectivity index (χ0v) is 19.1. The van der Waals surface area contributed by atoms with Crippen LogP contribution in [0.5, 0.6) is 5.75 Å². The number of ether oxygens (including phenoxy) is 1. The van der Waals surface area contributed by atoms with Crippen molar-refractivity contribution in [3.63, 3.8) is 0 Å². The van der Waals surface area contributed by atoms with Crippen molar-refractivity contribution in [1.82, 2.24) is 14.9 Å². The highest BCUT2D eigenvalue weighted by molar-refractivity contribution is 7.96. The minimum absolute atomic E-state index is 0.0541. The predicted molar refractivity (Wildman–Crippen MR) is 117 cm³/mol. The topological polar surface area (TPSA) is 110 Å². The molecule has 2 fully saturated rings. The number of rotatable bonds is 5. The molecule has 11 heteroatoms. The summed E-state index contributed by atoms with van der Waals surface area (Å²) in [6, 6.07) is 6.09. The second-order valence-electron chi connectivity index (χ2n) is 7.95. The van der Waals surface area contributed by atoms with Crippen molar-refractivity contribution in [3.8, 4) is 5.75 Å². The average molecular weight is 467 g/mol. The Kier molecular flexibility index (Phi) is 5.93. The number of benzene rings is 1. The predicted octanol–water partition coefficient (Wildman–Crippen LogP) is 0.555. The fourth-order valence-electron chi connectivity index (χ4n) is 4.31. The van der Waals surface area contributed by atoms with Crippen molar-refractivity contribution in [2.24, 2.45) is 0 Å². The molecule has 0 unspecified atom stereocenters. The Balaban J connectivity index is 1.60. The van der Waals surface area contributed by atoms with Crippen molar-refractivity contribution in [3.05, 3.63) is 42.2 Å². The smallest absolute Gasteiger partial charge is 0.225 e. The fraction of sp³-hybridized carbons (Fsp3) is 0.500. The molecular formula is C20H26N4O5S2. The largest absolute Gasteiger partial charge is 0.495 e. The van der Waals surface area contributed by atoms with Gasteiger partial charge in [0.2, 0.25) is 5.95 Å². The summed E-state index contributed by atoms with van der Waals surface area (Å²) >= 11 is 0. The number of methoxy groups -OCH3 is 1. The van der Waals surface area contributed by atoms with E-state index in [-0.39, 0.29) is 22.2 Å². The standard InChI is InChI=1S/C20H26N4O5S2/c1-15-4-5-17(29-2)18(12-15)31(27,28)19-14-30(25,26)13-16(19)23-8-10-24(11-9-23)20-21-6-3-7-22-20/h3-7,12,16,19H,8-11,13-14H2,1-2H3/t16-,19-/m1/s1. The number of hydrogen-bond acceptors (Lipinski definition) is 9. The Labute approximate surface area is 182 Å². The number of aryl methyl sites for hydroxylation is 1. The maximum Gasteiger partial charge on any atom is 0.225 e. The molecule has 3 heterocycles. The van der Waals surface area contributed by atoms with Crippen LogP contribution in [0.4, 0.5) is 5.95 Å². The van der Waals surface area contributed by atoms with E-state index in [1.807, 2.05) is 9.80 Å². The van der Waals surface area contributed by atoms with Crippen LogP contribution in [0, 0.1) is 6.92 Å². The molecule has 2 atom stereocenters. The van der Waals surface area contributed by atoms with Crippen molar-refractivity contribution in [2.75, 3.05) is 49.7 Å². The molecule has 0 spiro atoms. The number of nitrogens with zero attached hydrogens (tertiary/aromatic N) is 4. The van der Waals surface area contributed by atoms with Gasteiger partial charge in [0.05, 0.1) is 23.9 Å². The van der Waals surface area contributed by atoms with Crippen molar-refractivity contribution in [1.29, 1.82) is 0 Å². The molecule has 0 N–H and O–H groups in total. The first-order chi connectivity index (χ1) is 14.7. The van der Waals surface area contributed by atoms with E-state index in [9.17, 15) is 16.8 Å². The van der Waals surface area contributed by atoms with Crippen LogP contribution in [0.1, 0.15) is 5.56 Å². The van der Waals surface area contributed by atoms with Crippen molar-refractivity contribution >= 4 is 25.6 Å². The maximum absolute atomic E-state index is 13.6. The summed E-state index contributed by atoms with van der Waals surface area (Å²) in [6.45, 7) is 4.07. The molecule has 2 aliphatic heterocycles. The molecule has 0 radical (unpaired) electrons. The molecule has 0 saturated carbocycles. The van der Waals surface area contributed by atoms with Gasteiger partial charge in [-0.05, 0) is 30.7 Å². The molecular weight excluding hydrogens is 440 g/mol. The van der Waals surface area contributed by atoms with Crippen LogP contribution < -0.4 is 9.64 Å². The Bertz CT molecular complexity index is 1150. The minimum atomic E-state index is -3.92. The van der Waals surface area contributed by atoms with Gasteiger partial charge in [0.15, 0.2) is 19.7 Å².